The lowest BCUT2D eigenvalue weighted by Crippen LogP contribution is -2.48. The molecule has 0 bridgehead atoms. The number of amides is 5. The summed E-state index contributed by atoms with van der Waals surface area (Å²) in [4.78, 5) is 71.1. The van der Waals surface area contributed by atoms with Gasteiger partial charge in [-0.15, -0.1) is 0 Å². The topological polar surface area (TPSA) is 174 Å². The summed E-state index contributed by atoms with van der Waals surface area (Å²) < 4.78 is 36.9. The Kier molecular flexibility index (Phi) is 16.4. The van der Waals surface area contributed by atoms with Crippen molar-refractivity contribution >= 4 is 68.2 Å². The quantitative estimate of drug-likeness (QED) is 0.0297. The van der Waals surface area contributed by atoms with Crippen LogP contribution in [0.5, 0.6) is 5.75 Å². The molecule has 6 rings (SSSR count). The molecule has 3 aromatic carbocycles. The van der Waals surface area contributed by atoms with E-state index in [1.165, 1.54) is 12.1 Å². The Morgan fingerprint density at radius 3 is 2.38 bits per heavy atom. The number of hydrogen-bond acceptors (Lipinski definition) is 11. The standard InChI is InChI=1S/C48H57FN8O6S2/c1-32(33-12-17-39(18-13-33)63-25-6-8-43(58)50-4)54-55-44(59)29-48(2,3)65-64-26-19-45(60)57-23-21-56(22-24-57)38-15-10-34(11-16-38)46(61)52-31-36-9-14-37(27-42(36)49)53-47(62)41-28-40(41)35-7-5-20-51-30-35/h5,7,9-18,20,27,30,40-41H,6,8,19,21-26,28-29,31H2,1-4H3,(H,50,58)(H,52,61)(H,53,62)(H,55,59)/b54-32+/t40-,41+/m1/s1/i28D2. The van der Waals surface area contributed by atoms with Gasteiger partial charge in [-0.05, 0) is 117 Å². The number of hydrogen-bond donors (Lipinski definition) is 4. The fraction of sp³-hybridized carbons (Fsp3) is 0.396. The van der Waals surface area contributed by atoms with Gasteiger partial charge in [0.25, 0.3) is 5.91 Å². The predicted octanol–water partition coefficient (Wildman–Crippen LogP) is 6.93. The summed E-state index contributed by atoms with van der Waals surface area (Å²) in [6.45, 7) is 8.56. The molecule has 2 heterocycles. The molecule has 344 valence electrons. The molecule has 4 aromatic rings. The van der Waals surface area contributed by atoms with Gasteiger partial charge in [0.1, 0.15) is 11.6 Å². The fourth-order valence-electron chi connectivity index (χ4n) is 7.01. The van der Waals surface area contributed by atoms with E-state index in [2.05, 4.69) is 36.4 Å². The molecule has 5 amide bonds. The van der Waals surface area contributed by atoms with Crippen molar-refractivity contribution in [2.24, 2.45) is 11.0 Å². The highest BCUT2D eigenvalue weighted by atomic mass is 33.1. The molecule has 0 spiro atoms. The van der Waals surface area contributed by atoms with Crippen LogP contribution in [0.1, 0.15) is 88.5 Å². The number of carbonyl (C=O) groups is 5. The van der Waals surface area contributed by atoms with Crippen LogP contribution in [0.3, 0.4) is 0 Å². The maximum atomic E-state index is 15.0. The van der Waals surface area contributed by atoms with Crippen molar-refractivity contribution in [1.82, 2.24) is 25.9 Å². The number of carbonyl (C=O) groups excluding carboxylic acids is 5. The minimum Gasteiger partial charge on any atom is -0.494 e. The molecule has 2 fully saturated rings. The van der Waals surface area contributed by atoms with Crippen LogP contribution in [0.4, 0.5) is 15.8 Å². The van der Waals surface area contributed by atoms with Crippen molar-refractivity contribution in [3.63, 3.8) is 0 Å². The Hall–Kier alpha value is -5.94. The summed E-state index contributed by atoms with van der Waals surface area (Å²) in [6, 6.07) is 22.1. The smallest absolute Gasteiger partial charge is 0.251 e. The fourth-order valence-corrected chi connectivity index (χ4v) is 9.50. The lowest BCUT2D eigenvalue weighted by molar-refractivity contribution is -0.131. The maximum Gasteiger partial charge on any atom is 0.251 e. The zero-order chi connectivity index (χ0) is 48.1. The minimum atomic E-state index is -1.74. The van der Waals surface area contributed by atoms with Crippen LogP contribution in [0.15, 0.2) is 96.4 Å². The Labute approximate surface area is 390 Å². The van der Waals surface area contributed by atoms with Crippen molar-refractivity contribution in [2.75, 3.05) is 55.8 Å². The summed E-state index contributed by atoms with van der Waals surface area (Å²) in [5.41, 5.74) is 6.53. The molecular weight excluding hydrogens is 868 g/mol. The summed E-state index contributed by atoms with van der Waals surface area (Å²) in [6.07, 6.45) is 3.03. The third-order valence-electron chi connectivity index (χ3n) is 10.8. The molecule has 1 aliphatic heterocycles. The second kappa shape index (κ2) is 23.3. The molecule has 1 aromatic heterocycles. The Morgan fingerprint density at radius 2 is 1.69 bits per heavy atom. The van der Waals surface area contributed by atoms with Crippen molar-refractivity contribution in [3.8, 4) is 5.75 Å². The van der Waals surface area contributed by atoms with Gasteiger partial charge in [-0.3, -0.25) is 29.0 Å². The van der Waals surface area contributed by atoms with Gasteiger partial charge in [-0.2, -0.15) is 5.10 Å². The second-order valence-electron chi connectivity index (χ2n) is 16.3. The van der Waals surface area contributed by atoms with Gasteiger partial charge in [0, 0.05) is 113 Å². The largest absolute Gasteiger partial charge is 0.494 e. The molecule has 14 nitrogen and oxygen atoms in total. The molecule has 1 saturated carbocycles. The lowest BCUT2D eigenvalue weighted by atomic mass is 10.1. The van der Waals surface area contributed by atoms with Gasteiger partial charge in [0.15, 0.2) is 0 Å². The minimum absolute atomic E-state index is 0.0221. The molecule has 2 atom stereocenters. The molecule has 0 unspecified atom stereocenters. The number of rotatable bonds is 21. The van der Waals surface area contributed by atoms with Crippen LogP contribution in [0.25, 0.3) is 0 Å². The molecule has 0 radical (unpaired) electrons. The van der Waals surface area contributed by atoms with Crippen LogP contribution in [-0.2, 0) is 25.7 Å². The highest BCUT2D eigenvalue weighted by Gasteiger charge is 2.44. The van der Waals surface area contributed by atoms with E-state index in [1.807, 2.05) is 62.1 Å². The number of nitrogens with zero attached hydrogens (tertiary/aromatic N) is 4. The Bertz CT molecular complexity index is 2410. The van der Waals surface area contributed by atoms with E-state index >= 15 is 4.39 Å². The monoisotopic (exact) mass is 926 g/mol. The van der Waals surface area contributed by atoms with Gasteiger partial charge >= 0.3 is 0 Å². The van der Waals surface area contributed by atoms with Crippen LogP contribution in [0.2, 0.25) is 0 Å². The van der Waals surface area contributed by atoms with Crippen molar-refractivity contribution in [1.29, 1.82) is 0 Å². The molecule has 65 heavy (non-hydrogen) atoms. The molecule has 1 aliphatic carbocycles. The number of benzene rings is 3. The number of anilines is 2. The van der Waals surface area contributed by atoms with Gasteiger partial charge < -0.3 is 30.5 Å². The summed E-state index contributed by atoms with van der Waals surface area (Å²) in [5.74, 6) is -1.95. The molecule has 4 N–H and O–H groups in total. The number of halogens is 1. The van der Waals surface area contributed by atoms with E-state index in [0.29, 0.717) is 80.4 Å². The van der Waals surface area contributed by atoms with Gasteiger partial charge in [0.05, 0.1) is 12.3 Å². The van der Waals surface area contributed by atoms with Crippen molar-refractivity contribution in [2.45, 2.75) is 70.0 Å². The van der Waals surface area contributed by atoms with Crippen LogP contribution >= 0.6 is 21.6 Å². The summed E-state index contributed by atoms with van der Waals surface area (Å²) in [5, 5.41) is 12.2. The maximum absolute atomic E-state index is 15.0. The first-order valence-corrected chi connectivity index (χ1v) is 23.8. The average molecular weight is 927 g/mol. The van der Waals surface area contributed by atoms with Crippen molar-refractivity contribution < 1.29 is 35.8 Å². The first-order valence-electron chi connectivity index (χ1n) is 22.5. The number of hydrazone groups is 1. The third kappa shape index (κ3) is 14.8. The average Bonchev–Trinajstić information content (AvgIpc) is 3.92. The zero-order valence-corrected chi connectivity index (χ0v) is 38.7. The highest BCUT2D eigenvalue weighted by molar-refractivity contribution is 8.77. The Morgan fingerprint density at radius 1 is 0.954 bits per heavy atom. The predicted molar refractivity (Wildman–Crippen MR) is 255 cm³/mol. The number of nitrogens with one attached hydrogen (secondary N) is 4. The van der Waals surface area contributed by atoms with Gasteiger partial charge in [-0.25, -0.2) is 9.82 Å². The van der Waals surface area contributed by atoms with E-state index < -0.39 is 34.7 Å². The third-order valence-corrected chi connectivity index (χ3v) is 14.1. The first kappa shape index (κ1) is 45.6. The number of piperazine rings is 1. The summed E-state index contributed by atoms with van der Waals surface area (Å²) in [7, 11) is 4.75. The first-order chi connectivity index (χ1) is 32.0. The summed E-state index contributed by atoms with van der Waals surface area (Å²) >= 11 is 0. The van der Waals surface area contributed by atoms with Crippen molar-refractivity contribution in [3.05, 3.63) is 119 Å². The van der Waals surface area contributed by atoms with E-state index in [-0.39, 0.29) is 47.8 Å². The van der Waals surface area contributed by atoms with Gasteiger partial charge in [-0.1, -0.05) is 33.7 Å². The van der Waals surface area contributed by atoms with E-state index in [0.717, 1.165) is 17.3 Å². The molecule has 2 aliphatic rings. The molecule has 17 heteroatoms. The van der Waals surface area contributed by atoms with Gasteiger partial charge in [0.2, 0.25) is 23.6 Å². The molecular formula is C48H57FN8O6S2. The zero-order valence-electron chi connectivity index (χ0n) is 39.0. The van der Waals surface area contributed by atoms with Crippen LogP contribution < -0.4 is 31.0 Å². The van der Waals surface area contributed by atoms with Crippen LogP contribution in [0, 0.1) is 11.7 Å². The number of aromatic nitrogens is 1. The Balaban J connectivity index is 0.848. The van der Waals surface area contributed by atoms with Crippen LogP contribution in [-0.4, -0.2) is 95.5 Å². The highest BCUT2D eigenvalue weighted by Crippen LogP contribution is 2.47. The van der Waals surface area contributed by atoms with E-state index in [1.54, 1.807) is 65.3 Å². The normalized spacial score (nSPS) is 17.3. The SMILES string of the molecule is [2H]C1([2H])[C@H](C(=O)Nc2ccc(CNC(=O)c3ccc(N4CCN(C(=O)CCSSC(C)(C)CC(=O)N/N=C(\C)c5ccc(OCCCC(=O)NC)cc5)CC4)cc3)c(F)c2)[C@H]1c1cccnc1. The number of pyridine rings is 1. The molecule has 1 saturated heterocycles. The second-order valence-corrected chi connectivity index (χ2v) is 19.4. The lowest BCUT2D eigenvalue weighted by Gasteiger charge is -2.36. The van der Waals surface area contributed by atoms with E-state index in [4.69, 9.17) is 7.48 Å². The number of ether oxygens (including phenoxy) is 1. The van der Waals surface area contributed by atoms with E-state index in [9.17, 15) is 24.0 Å².